The fourth-order valence-corrected chi connectivity index (χ4v) is 2.21. The summed E-state index contributed by atoms with van der Waals surface area (Å²) in [4.78, 5) is 14.0. The van der Waals surface area contributed by atoms with Gasteiger partial charge in [0.15, 0.2) is 0 Å². The van der Waals surface area contributed by atoms with Crippen molar-refractivity contribution in [3.05, 3.63) is 17.5 Å². The van der Waals surface area contributed by atoms with Gasteiger partial charge in [0.05, 0.1) is 6.10 Å². The second kappa shape index (κ2) is 4.96. The van der Waals surface area contributed by atoms with E-state index in [4.69, 9.17) is 0 Å². The van der Waals surface area contributed by atoms with Crippen LogP contribution in [-0.2, 0) is 5.41 Å². The lowest BCUT2D eigenvalue weighted by Crippen LogP contribution is -2.45. The highest BCUT2D eigenvalue weighted by molar-refractivity contribution is 5.92. The van der Waals surface area contributed by atoms with Crippen molar-refractivity contribution in [3.63, 3.8) is 0 Å². The van der Waals surface area contributed by atoms with Gasteiger partial charge in [0.2, 0.25) is 0 Å². The zero-order valence-electron chi connectivity index (χ0n) is 12.1. The summed E-state index contributed by atoms with van der Waals surface area (Å²) in [5.41, 5.74) is 1.33. The third-order valence-corrected chi connectivity index (χ3v) is 3.81. The molecule has 1 aliphatic heterocycles. The topological polar surface area (TPSA) is 69.2 Å². The van der Waals surface area contributed by atoms with Crippen molar-refractivity contribution in [1.82, 2.24) is 15.1 Å². The van der Waals surface area contributed by atoms with Gasteiger partial charge in [0.25, 0.3) is 5.91 Å². The average Bonchev–Trinajstić information content (AvgIpc) is 2.81. The Balaban J connectivity index is 2.10. The van der Waals surface area contributed by atoms with E-state index >= 15 is 0 Å². The first-order valence-electron chi connectivity index (χ1n) is 6.82. The Kier molecular flexibility index (Phi) is 3.67. The van der Waals surface area contributed by atoms with Gasteiger partial charge in [-0.2, -0.15) is 5.10 Å². The number of rotatable bonds is 1. The van der Waals surface area contributed by atoms with E-state index in [1.807, 2.05) is 13.0 Å². The Labute approximate surface area is 114 Å². The number of amides is 1. The number of aliphatic hydroxyl groups excluding tert-OH is 1. The van der Waals surface area contributed by atoms with Crippen molar-refractivity contribution in [2.24, 2.45) is 5.92 Å². The molecule has 1 aliphatic rings. The zero-order valence-corrected chi connectivity index (χ0v) is 12.1. The van der Waals surface area contributed by atoms with Gasteiger partial charge < -0.3 is 10.0 Å². The number of carbonyl (C=O) groups excluding carboxylic acids is 1. The maximum absolute atomic E-state index is 12.3. The first kappa shape index (κ1) is 14.1. The monoisotopic (exact) mass is 265 g/mol. The van der Waals surface area contributed by atoms with Crippen molar-refractivity contribution in [2.75, 3.05) is 13.1 Å². The molecule has 2 unspecified atom stereocenters. The molecule has 2 rings (SSSR count). The van der Waals surface area contributed by atoms with Crippen LogP contribution in [0, 0.1) is 5.92 Å². The van der Waals surface area contributed by atoms with Crippen molar-refractivity contribution in [1.29, 1.82) is 0 Å². The number of nitrogens with one attached hydrogen (secondary N) is 1. The van der Waals surface area contributed by atoms with E-state index < -0.39 is 6.10 Å². The highest BCUT2D eigenvalue weighted by Gasteiger charge is 2.29. The van der Waals surface area contributed by atoms with Gasteiger partial charge >= 0.3 is 0 Å². The minimum Gasteiger partial charge on any atom is -0.391 e. The molecule has 1 aromatic rings. The number of likely N-dealkylation sites (tertiary alicyclic amines) is 1. The van der Waals surface area contributed by atoms with Gasteiger partial charge in [-0.25, -0.2) is 0 Å². The van der Waals surface area contributed by atoms with Gasteiger partial charge in [-0.1, -0.05) is 27.7 Å². The quantitative estimate of drug-likeness (QED) is 0.809. The largest absolute Gasteiger partial charge is 0.391 e. The molecule has 1 saturated heterocycles. The standard InChI is InChI=1S/C14H23N3O2/c1-9-5-6-17(8-11(9)18)13(19)10-7-12(16-15-10)14(2,3)4/h7,9,11,18H,5-6,8H2,1-4H3,(H,15,16). The molecule has 5 nitrogen and oxygen atoms in total. The zero-order chi connectivity index (χ0) is 14.2. The number of hydrogen-bond acceptors (Lipinski definition) is 3. The van der Waals surface area contributed by atoms with Crippen LogP contribution in [0.5, 0.6) is 0 Å². The van der Waals surface area contributed by atoms with Crippen LogP contribution < -0.4 is 0 Å². The van der Waals surface area contributed by atoms with Crippen LogP contribution in [0.1, 0.15) is 50.3 Å². The molecule has 0 saturated carbocycles. The molecule has 2 N–H and O–H groups in total. The Bertz CT molecular complexity index is 462. The fourth-order valence-electron chi connectivity index (χ4n) is 2.21. The maximum Gasteiger partial charge on any atom is 0.274 e. The maximum atomic E-state index is 12.3. The minimum atomic E-state index is -0.432. The van der Waals surface area contributed by atoms with Crippen LogP contribution in [0.3, 0.4) is 0 Å². The molecule has 1 fully saturated rings. The normalized spacial score (nSPS) is 24.6. The van der Waals surface area contributed by atoms with Crippen molar-refractivity contribution in [2.45, 2.75) is 45.6 Å². The summed E-state index contributed by atoms with van der Waals surface area (Å²) in [5.74, 6) is 0.158. The van der Waals surface area contributed by atoms with Crippen molar-refractivity contribution < 1.29 is 9.90 Å². The number of hydrogen-bond donors (Lipinski definition) is 2. The molecule has 0 radical (unpaired) electrons. The SMILES string of the molecule is CC1CCN(C(=O)c2cc(C(C)(C)C)[nH]n2)CC1O. The highest BCUT2D eigenvalue weighted by Crippen LogP contribution is 2.22. The average molecular weight is 265 g/mol. The Morgan fingerprint density at radius 1 is 1.53 bits per heavy atom. The first-order chi connectivity index (χ1) is 8.79. The molecule has 1 amide bonds. The number of β-amino-alcohol motifs (C(OH)–C–C–N with tert-alkyl or cyclic N) is 1. The van der Waals surface area contributed by atoms with E-state index in [0.717, 1.165) is 12.1 Å². The predicted molar refractivity (Wildman–Crippen MR) is 73.0 cm³/mol. The summed E-state index contributed by atoms with van der Waals surface area (Å²) >= 11 is 0. The van der Waals surface area contributed by atoms with Crippen LogP contribution in [0.15, 0.2) is 6.07 Å². The van der Waals surface area contributed by atoms with Gasteiger partial charge in [-0.05, 0) is 18.4 Å². The third kappa shape index (κ3) is 2.97. The Morgan fingerprint density at radius 3 is 2.74 bits per heavy atom. The summed E-state index contributed by atoms with van der Waals surface area (Å²) in [6.07, 6.45) is 0.405. The lowest BCUT2D eigenvalue weighted by atomic mass is 9.92. The molecular formula is C14H23N3O2. The van der Waals surface area contributed by atoms with Crippen LogP contribution in [0.2, 0.25) is 0 Å². The molecule has 5 heteroatoms. The molecule has 2 atom stereocenters. The van der Waals surface area contributed by atoms with Crippen LogP contribution >= 0.6 is 0 Å². The second-order valence-electron chi connectivity index (χ2n) is 6.50. The fraction of sp³-hybridized carbons (Fsp3) is 0.714. The molecule has 106 valence electrons. The van der Waals surface area contributed by atoms with E-state index in [1.165, 1.54) is 0 Å². The molecule has 0 bridgehead atoms. The number of aromatic nitrogens is 2. The van der Waals surface area contributed by atoms with Crippen LogP contribution in [-0.4, -0.2) is 45.3 Å². The Hall–Kier alpha value is -1.36. The summed E-state index contributed by atoms with van der Waals surface area (Å²) in [6, 6.07) is 1.81. The van der Waals surface area contributed by atoms with Gasteiger partial charge in [-0.15, -0.1) is 0 Å². The first-order valence-corrected chi connectivity index (χ1v) is 6.82. The summed E-state index contributed by atoms with van der Waals surface area (Å²) < 4.78 is 0. The van der Waals surface area contributed by atoms with E-state index in [2.05, 4.69) is 31.0 Å². The molecule has 0 aromatic carbocycles. The lowest BCUT2D eigenvalue weighted by molar-refractivity contribution is 0.0245. The lowest BCUT2D eigenvalue weighted by Gasteiger charge is -2.33. The van der Waals surface area contributed by atoms with E-state index in [-0.39, 0.29) is 17.2 Å². The smallest absolute Gasteiger partial charge is 0.274 e. The van der Waals surface area contributed by atoms with Crippen LogP contribution in [0.4, 0.5) is 0 Å². The summed E-state index contributed by atoms with van der Waals surface area (Å²) in [7, 11) is 0. The van der Waals surface area contributed by atoms with Gasteiger partial charge in [0, 0.05) is 24.2 Å². The number of nitrogens with zero attached hydrogens (tertiary/aromatic N) is 2. The second-order valence-corrected chi connectivity index (χ2v) is 6.50. The Morgan fingerprint density at radius 2 is 2.21 bits per heavy atom. The number of carbonyl (C=O) groups is 1. The minimum absolute atomic E-state index is 0.0541. The molecule has 19 heavy (non-hydrogen) atoms. The number of aromatic amines is 1. The highest BCUT2D eigenvalue weighted by atomic mass is 16.3. The summed E-state index contributed by atoms with van der Waals surface area (Å²) in [5, 5.41) is 16.9. The van der Waals surface area contributed by atoms with Crippen LogP contribution in [0.25, 0.3) is 0 Å². The number of aliphatic hydroxyl groups is 1. The third-order valence-electron chi connectivity index (χ3n) is 3.81. The molecule has 0 spiro atoms. The van der Waals surface area contributed by atoms with E-state index in [9.17, 15) is 9.90 Å². The molecule has 1 aromatic heterocycles. The molecular weight excluding hydrogens is 242 g/mol. The summed E-state index contributed by atoms with van der Waals surface area (Å²) in [6.45, 7) is 9.31. The van der Waals surface area contributed by atoms with Gasteiger partial charge in [0.1, 0.15) is 5.69 Å². The molecule has 2 heterocycles. The van der Waals surface area contributed by atoms with E-state index in [0.29, 0.717) is 18.8 Å². The van der Waals surface area contributed by atoms with Gasteiger partial charge in [-0.3, -0.25) is 9.89 Å². The van der Waals surface area contributed by atoms with Crippen molar-refractivity contribution >= 4 is 5.91 Å². The number of H-pyrrole nitrogens is 1. The molecule has 0 aliphatic carbocycles. The van der Waals surface area contributed by atoms with E-state index in [1.54, 1.807) is 4.90 Å². The van der Waals surface area contributed by atoms with Crippen molar-refractivity contribution in [3.8, 4) is 0 Å². The number of piperidine rings is 1. The predicted octanol–water partition coefficient (Wildman–Crippen LogP) is 1.55.